The molecule has 1 atom stereocenters. The molecular weight excluding hydrogens is 300 g/mol. The molecule has 3 aromatic rings. The number of para-hydroxylation sites is 1. The van der Waals surface area contributed by atoms with E-state index in [-0.39, 0.29) is 6.03 Å². The summed E-state index contributed by atoms with van der Waals surface area (Å²) < 4.78 is 1.79. The molecule has 1 saturated heterocycles. The predicted octanol–water partition coefficient (Wildman–Crippen LogP) is 3.59. The van der Waals surface area contributed by atoms with Crippen molar-refractivity contribution in [1.82, 2.24) is 14.7 Å². The Kier molecular flexibility index (Phi) is 3.69. The lowest BCUT2D eigenvalue weighted by Crippen LogP contribution is -2.33. The van der Waals surface area contributed by atoms with Gasteiger partial charge >= 0.3 is 6.03 Å². The van der Waals surface area contributed by atoms with Gasteiger partial charge in [-0.15, -0.1) is 0 Å². The van der Waals surface area contributed by atoms with Crippen molar-refractivity contribution in [3.8, 4) is 0 Å². The molecule has 1 aromatic heterocycles. The van der Waals surface area contributed by atoms with Crippen molar-refractivity contribution in [3.05, 3.63) is 60.2 Å². The average molecular weight is 320 g/mol. The summed E-state index contributed by atoms with van der Waals surface area (Å²) in [5.74, 6) is 1.04. The molecule has 5 nitrogen and oxygen atoms in total. The maximum absolute atomic E-state index is 12.6. The number of fused-ring (bicyclic) bond motifs is 1. The van der Waals surface area contributed by atoms with Crippen LogP contribution in [0.2, 0.25) is 0 Å². The number of rotatable bonds is 2. The number of hydrogen-bond donors (Lipinski definition) is 1. The normalized spacial score (nSPS) is 17.4. The van der Waals surface area contributed by atoms with Crippen LogP contribution in [-0.4, -0.2) is 33.8 Å². The van der Waals surface area contributed by atoms with E-state index < -0.39 is 0 Å². The minimum absolute atomic E-state index is 0.0720. The summed E-state index contributed by atoms with van der Waals surface area (Å²) in [6, 6.07) is 18.2. The zero-order valence-electron chi connectivity index (χ0n) is 13.6. The van der Waals surface area contributed by atoms with E-state index in [1.807, 2.05) is 42.3 Å². The summed E-state index contributed by atoms with van der Waals surface area (Å²) in [5.41, 5.74) is 2.31. The summed E-state index contributed by atoms with van der Waals surface area (Å²) in [6.07, 6.45) is 1.00. The third-order valence-electron chi connectivity index (χ3n) is 4.73. The van der Waals surface area contributed by atoms with E-state index in [4.69, 9.17) is 0 Å². The average Bonchev–Trinajstić information content (AvgIpc) is 3.22. The van der Waals surface area contributed by atoms with Crippen LogP contribution in [-0.2, 0) is 7.05 Å². The molecule has 0 aliphatic carbocycles. The maximum atomic E-state index is 12.6. The Balaban J connectivity index is 1.49. The van der Waals surface area contributed by atoms with Crippen LogP contribution in [0, 0.1) is 0 Å². The van der Waals surface area contributed by atoms with Crippen LogP contribution in [0.15, 0.2) is 54.6 Å². The molecule has 1 unspecified atom stereocenters. The van der Waals surface area contributed by atoms with Crippen LogP contribution < -0.4 is 5.32 Å². The van der Waals surface area contributed by atoms with E-state index in [2.05, 4.69) is 34.7 Å². The SMILES string of the molecule is Cn1nc(NC(=O)N2CCC(c3ccccc3)C2)c2ccccc21. The molecule has 1 aliphatic rings. The van der Waals surface area contributed by atoms with Crippen LogP contribution in [0.3, 0.4) is 0 Å². The van der Waals surface area contributed by atoms with Gasteiger partial charge in [-0.05, 0) is 24.1 Å². The Morgan fingerprint density at radius 3 is 2.71 bits per heavy atom. The molecule has 0 saturated carbocycles. The monoisotopic (exact) mass is 320 g/mol. The highest BCUT2D eigenvalue weighted by atomic mass is 16.2. The second kappa shape index (κ2) is 6.00. The molecule has 4 rings (SSSR count). The molecule has 122 valence electrons. The second-order valence-electron chi connectivity index (χ2n) is 6.26. The van der Waals surface area contributed by atoms with Gasteiger partial charge in [0.1, 0.15) is 0 Å². The van der Waals surface area contributed by atoms with E-state index in [0.29, 0.717) is 11.7 Å². The molecule has 2 aromatic carbocycles. The molecule has 2 heterocycles. The van der Waals surface area contributed by atoms with Gasteiger partial charge in [-0.3, -0.25) is 10.00 Å². The standard InChI is InChI=1S/C19H20N4O/c1-22-17-10-6-5-9-16(17)18(21-22)20-19(24)23-12-11-15(13-23)14-7-3-2-4-8-14/h2-10,15H,11-13H2,1H3,(H,20,21,24). The third kappa shape index (κ3) is 2.62. The predicted molar refractivity (Wildman–Crippen MR) is 95.1 cm³/mol. The number of nitrogens with zero attached hydrogens (tertiary/aromatic N) is 3. The highest BCUT2D eigenvalue weighted by Crippen LogP contribution is 2.28. The van der Waals surface area contributed by atoms with Crippen molar-refractivity contribution in [2.24, 2.45) is 7.05 Å². The number of hydrogen-bond acceptors (Lipinski definition) is 2. The minimum Gasteiger partial charge on any atom is -0.324 e. The van der Waals surface area contributed by atoms with E-state index in [0.717, 1.165) is 30.4 Å². The third-order valence-corrected chi connectivity index (χ3v) is 4.73. The van der Waals surface area contributed by atoms with Crippen LogP contribution in [0.25, 0.3) is 10.9 Å². The molecule has 5 heteroatoms. The van der Waals surface area contributed by atoms with Gasteiger partial charge < -0.3 is 4.90 Å². The molecule has 0 radical (unpaired) electrons. The molecule has 24 heavy (non-hydrogen) atoms. The zero-order chi connectivity index (χ0) is 16.5. The first-order chi connectivity index (χ1) is 11.7. The van der Waals surface area contributed by atoms with Crippen LogP contribution in [0.4, 0.5) is 10.6 Å². The smallest absolute Gasteiger partial charge is 0.323 e. The van der Waals surface area contributed by atoms with Gasteiger partial charge in [0, 0.05) is 31.4 Å². The second-order valence-corrected chi connectivity index (χ2v) is 6.26. The van der Waals surface area contributed by atoms with Crippen LogP contribution in [0.1, 0.15) is 17.9 Å². The molecular formula is C19H20N4O. The fourth-order valence-electron chi connectivity index (χ4n) is 3.43. The molecule has 0 spiro atoms. The highest BCUT2D eigenvalue weighted by molar-refractivity contribution is 5.99. The Bertz CT molecular complexity index is 871. The van der Waals surface area contributed by atoms with Gasteiger partial charge in [0.15, 0.2) is 5.82 Å². The number of urea groups is 1. The number of carbonyl (C=O) groups excluding carboxylic acids is 1. The summed E-state index contributed by atoms with van der Waals surface area (Å²) in [4.78, 5) is 14.5. The van der Waals surface area contributed by atoms with E-state index in [9.17, 15) is 4.79 Å². The van der Waals surface area contributed by atoms with Gasteiger partial charge in [-0.1, -0.05) is 42.5 Å². The topological polar surface area (TPSA) is 50.2 Å². The van der Waals surface area contributed by atoms with Crippen LogP contribution in [0.5, 0.6) is 0 Å². The first-order valence-electron chi connectivity index (χ1n) is 8.25. The largest absolute Gasteiger partial charge is 0.324 e. The number of aryl methyl sites for hydroxylation is 1. The summed E-state index contributed by atoms with van der Waals surface area (Å²) in [5, 5.41) is 8.38. The number of benzene rings is 2. The maximum Gasteiger partial charge on any atom is 0.323 e. The van der Waals surface area contributed by atoms with Crippen molar-refractivity contribution in [1.29, 1.82) is 0 Å². The Labute approximate surface area is 140 Å². The minimum atomic E-state index is -0.0720. The van der Waals surface area contributed by atoms with E-state index >= 15 is 0 Å². The fraction of sp³-hybridized carbons (Fsp3) is 0.263. The Hall–Kier alpha value is -2.82. The summed E-state index contributed by atoms with van der Waals surface area (Å²) >= 11 is 0. The van der Waals surface area contributed by atoms with Crippen LogP contribution >= 0.6 is 0 Å². The quantitative estimate of drug-likeness (QED) is 0.784. The number of carbonyl (C=O) groups is 1. The zero-order valence-corrected chi connectivity index (χ0v) is 13.6. The lowest BCUT2D eigenvalue weighted by molar-refractivity contribution is 0.222. The van der Waals surface area contributed by atoms with E-state index in [1.165, 1.54) is 5.56 Å². The first-order valence-corrected chi connectivity index (χ1v) is 8.25. The number of nitrogens with one attached hydrogen (secondary N) is 1. The molecule has 1 aliphatic heterocycles. The molecule has 1 fully saturated rings. The highest BCUT2D eigenvalue weighted by Gasteiger charge is 2.27. The van der Waals surface area contributed by atoms with E-state index in [1.54, 1.807) is 4.68 Å². The van der Waals surface area contributed by atoms with Gasteiger partial charge in [-0.2, -0.15) is 5.10 Å². The first kappa shape index (κ1) is 14.8. The lowest BCUT2D eigenvalue weighted by Gasteiger charge is -2.16. The number of anilines is 1. The van der Waals surface area contributed by atoms with Crippen molar-refractivity contribution < 1.29 is 4.79 Å². The number of amides is 2. The van der Waals surface area contributed by atoms with Crippen molar-refractivity contribution in [2.45, 2.75) is 12.3 Å². The molecule has 2 amide bonds. The van der Waals surface area contributed by atoms with Gasteiger partial charge in [0.25, 0.3) is 0 Å². The van der Waals surface area contributed by atoms with Gasteiger partial charge in [0.2, 0.25) is 0 Å². The van der Waals surface area contributed by atoms with Gasteiger partial charge in [0.05, 0.1) is 5.52 Å². The van der Waals surface area contributed by atoms with Crippen molar-refractivity contribution in [3.63, 3.8) is 0 Å². The molecule has 0 bridgehead atoms. The van der Waals surface area contributed by atoms with Gasteiger partial charge in [-0.25, -0.2) is 4.79 Å². The fourth-order valence-corrected chi connectivity index (χ4v) is 3.43. The number of likely N-dealkylation sites (tertiary alicyclic amines) is 1. The number of aromatic nitrogens is 2. The van der Waals surface area contributed by atoms with Crippen molar-refractivity contribution in [2.75, 3.05) is 18.4 Å². The summed E-state index contributed by atoms with van der Waals surface area (Å²) in [7, 11) is 1.89. The Morgan fingerprint density at radius 1 is 1.12 bits per heavy atom. The lowest BCUT2D eigenvalue weighted by atomic mass is 9.99. The Morgan fingerprint density at radius 2 is 1.88 bits per heavy atom. The molecule has 1 N–H and O–H groups in total. The van der Waals surface area contributed by atoms with Crippen molar-refractivity contribution >= 4 is 22.8 Å². The summed E-state index contributed by atoms with van der Waals surface area (Å²) in [6.45, 7) is 1.52.